The van der Waals surface area contributed by atoms with E-state index in [1.165, 1.54) is 0 Å². The SMILES string of the molecule is CCn1nc(C)c(Cl)c1CNCCc1ccco1. The Balaban J connectivity index is 1.86. The molecule has 0 aliphatic heterocycles. The van der Waals surface area contributed by atoms with Gasteiger partial charge in [0.2, 0.25) is 0 Å². The van der Waals surface area contributed by atoms with Crippen molar-refractivity contribution in [1.82, 2.24) is 15.1 Å². The topological polar surface area (TPSA) is 43.0 Å². The van der Waals surface area contributed by atoms with E-state index >= 15 is 0 Å². The maximum atomic E-state index is 6.23. The number of hydrogen-bond donors (Lipinski definition) is 1. The number of aromatic nitrogens is 2. The molecule has 0 saturated carbocycles. The summed E-state index contributed by atoms with van der Waals surface area (Å²) in [4.78, 5) is 0. The van der Waals surface area contributed by atoms with Crippen LogP contribution in [0.3, 0.4) is 0 Å². The van der Waals surface area contributed by atoms with Gasteiger partial charge < -0.3 is 9.73 Å². The Morgan fingerprint density at radius 2 is 2.33 bits per heavy atom. The van der Waals surface area contributed by atoms with Gasteiger partial charge in [-0.25, -0.2) is 0 Å². The molecule has 2 rings (SSSR count). The molecule has 0 spiro atoms. The van der Waals surface area contributed by atoms with E-state index in [0.29, 0.717) is 0 Å². The fraction of sp³-hybridized carbons (Fsp3) is 0.462. The maximum absolute atomic E-state index is 6.23. The summed E-state index contributed by atoms with van der Waals surface area (Å²) < 4.78 is 7.22. The van der Waals surface area contributed by atoms with Gasteiger partial charge in [-0.05, 0) is 26.0 Å². The van der Waals surface area contributed by atoms with Crippen LogP contribution in [0, 0.1) is 6.92 Å². The van der Waals surface area contributed by atoms with Gasteiger partial charge in [0.25, 0.3) is 0 Å². The molecule has 1 N–H and O–H groups in total. The second-order valence-electron chi connectivity index (χ2n) is 4.17. The minimum Gasteiger partial charge on any atom is -0.469 e. The Bertz CT molecular complexity index is 491. The number of furan rings is 1. The number of rotatable bonds is 6. The van der Waals surface area contributed by atoms with Crippen molar-refractivity contribution in [2.24, 2.45) is 0 Å². The van der Waals surface area contributed by atoms with Crippen LogP contribution in [0.15, 0.2) is 22.8 Å². The van der Waals surface area contributed by atoms with Crippen LogP contribution in [0.5, 0.6) is 0 Å². The van der Waals surface area contributed by atoms with Crippen LogP contribution < -0.4 is 5.32 Å². The summed E-state index contributed by atoms with van der Waals surface area (Å²) in [6, 6.07) is 3.89. The van der Waals surface area contributed by atoms with Gasteiger partial charge in [0.1, 0.15) is 5.76 Å². The molecular formula is C13H18ClN3O. The van der Waals surface area contributed by atoms with Crippen molar-refractivity contribution in [3.8, 4) is 0 Å². The third-order valence-corrected chi connectivity index (χ3v) is 3.37. The van der Waals surface area contributed by atoms with Crippen LogP contribution in [0.1, 0.15) is 24.1 Å². The molecule has 0 saturated heterocycles. The Hall–Kier alpha value is -1.26. The summed E-state index contributed by atoms with van der Waals surface area (Å²) in [5, 5.41) is 8.51. The summed E-state index contributed by atoms with van der Waals surface area (Å²) in [7, 11) is 0. The molecule has 4 nitrogen and oxygen atoms in total. The van der Waals surface area contributed by atoms with Gasteiger partial charge in [-0.3, -0.25) is 4.68 Å². The van der Waals surface area contributed by atoms with Crippen LogP contribution in [0.25, 0.3) is 0 Å². The van der Waals surface area contributed by atoms with Crippen LogP contribution in [0.4, 0.5) is 0 Å². The van der Waals surface area contributed by atoms with Crippen LogP contribution in [0.2, 0.25) is 5.02 Å². The van der Waals surface area contributed by atoms with Crippen molar-refractivity contribution in [3.05, 3.63) is 40.6 Å². The average molecular weight is 268 g/mol. The molecule has 98 valence electrons. The molecule has 0 aromatic carbocycles. The van der Waals surface area contributed by atoms with Gasteiger partial charge in [0, 0.05) is 26.1 Å². The summed E-state index contributed by atoms with van der Waals surface area (Å²) in [6.07, 6.45) is 2.57. The Labute approximate surface area is 112 Å². The molecule has 0 amide bonds. The zero-order chi connectivity index (χ0) is 13.0. The van der Waals surface area contributed by atoms with Gasteiger partial charge >= 0.3 is 0 Å². The summed E-state index contributed by atoms with van der Waals surface area (Å²) in [5.74, 6) is 0.994. The van der Waals surface area contributed by atoms with E-state index in [1.807, 2.05) is 23.7 Å². The molecule has 2 heterocycles. The lowest BCUT2D eigenvalue weighted by Gasteiger charge is -2.06. The van der Waals surface area contributed by atoms with Crippen molar-refractivity contribution in [1.29, 1.82) is 0 Å². The minimum absolute atomic E-state index is 0.730. The first-order valence-electron chi connectivity index (χ1n) is 6.17. The van der Waals surface area contributed by atoms with E-state index in [4.69, 9.17) is 16.0 Å². The molecule has 0 atom stereocenters. The predicted molar refractivity (Wildman–Crippen MR) is 71.8 cm³/mol. The predicted octanol–water partition coefficient (Wildman–Crippen LogP) is 2.79. The van der Waals surface area contributed by atoms with Gasteiger partial charge in [-0.15, -0.1) is 0 Å². The molecule has 18 heavy (non-hydrogen) atoms. The third kappa shape index (κ3) is 2.94. The minimum atomic E-state index is 0.730. The Kier molecular flexibility index (Phi) is 4.44. The third-order valence-electron chi connectivity index (χ3n) is 2.87. The highest BCUT2D eigenvalue weighted by Crippen LogP contribution is 2.19. The normalized spacial score (nSPS) is 11.1. The molecule has 0 fully saturated rings. The fourth-order valence-electron chi connectivity index (χ4n) is 1.91. The highest BCUT2D eigenvalue weighted by molar-refractivity contribution is 6.31. The molecule has 0 radical (unpaired) electrons. The van der Waals surface area contributed by atoms with E-state index in [-0.39, 0.29) is 0 Å². The first-order chi connectivity index (χ1) is 8.72. The van der Waals surface area contributed by atoms with Crippen molar-refractivity contribution < 1.29 is 4.42 Å². The van der Waals surface area contributed by atoms with Crippen molar-refractivity contribution in [3.63, 3.8) is 0 Å². The summed E-state index contributed by atoms with van der Waals surface area (Å²) in [6.45, 7) is 6.42. The standard InChI is InChI=1S/C13H18ClN3O/c1-3-17-12(13(14)10(2)16-17)9-15-7-6-11-5-4-8-18-11/h4-5,8,15H,3,6-7,9H2,1-2H3. The number of nitrogens with one attached hydrogen (secondary N) is 1. The average Bonchev–Trinajstić information content (AvgIpc) is 2.96. The largest absolute Gasteiger partial charge is 0.469 e. The number of aryl methyl sites for hydroxylation is 2. The zero-order valence-electron chi connectivity index (χ0n) is 10.7. The number of hydrogen-bond acceptors (Lipinski definition) is 3. The van der Waals surface area contributed by atoms with Crippen LogP contribution in [-0.4, -0.2) is 16.3 Å². The lowest BCUT2D eigenvalue weighted by Crippen LogP contribution is -2.19. The summed E-state index contributed by atoms with van der Waals surface area (Å²) >= 11 is 6.23. The van der Waals surface area contributed by atoms with Crippen molar-refractivity contribution in [2.45, 2.75) is 33.4 Å². The lowest BCUT2D eigenvalue weighted by atomic mass is 10.3. The highest BCUT2D eigenvalue weighted by atomic mass is 35.5. The molecule has 0 unspecified atom stereocenters. The first kappa shape index (κ1) is 13.2. The summed E-state index contributed by atoms with van der Waals surface area (Å²) in [5.41, 5.74) is 1.94. The van der Waals surface area contributed by atoms with Crippen LogP contribution in [-0.2, 0) is 19.5 Å². The molecule has 2 aromatic heterocycles. The molecular weight excluding hydrogens is 250 g/mol. The van der Waals surface area contributed by atoms with Gasteiger partial charge in [-0.1, -0.05) is 11.6 Å². The monoisotopic (exact) mass is 267 g/mol. The van der Waals surface area contributed by atoms with Gasteiger partial charge in [0.05, 0.1) is 22.7 Å². The molecule has 0 bridgehead atoms. The number of halogens is 1. The van der Waals surface area contributed by atoms with E-state index in [1.54, 1.807) is 6.26 Å². The van der Waals surface area contributed by atoms with Gasteiger partial charge in [0.15, 0.2) is 0 Å². The Morgan fingerprint density at radius 3 is 3.00 bits per heavy atom. The Morgan fingerprint density at radius 1 is 1.50 bits per heavy atom. The first-order valence-corrected chi connectivity index (χ1v) is 6.55. The second kappa shape index (κ2) is 6.07. The fourth-order valence-corrected chi connectivity index (χ4v) is 2.11. The zero-order valence-corrected chi connectivity index (χ0v) is 11.5. The highest BCUT2D eigenvalue weighted by Gasteiger charge is 2.11. The van der Waals surface area contributed by atoms with Crippen LogP contribution >= 0.6 is 11.6 Å². The molecule has 0 aliphatic carbocycles. The molecule has 5 heteroatoms. The van der Waals surface area contributed by atoms with E-state index in [2.05, 4.69) is 17.3 Å². The maximum Gasteiger partial charge on any atom is 0.105 e. The lowest BCUT2D eigenvalue weighted by molar-refractivity contribution is 0.495. The van der Waals surface area contributed by atoms with Crippen molar-refractivity contribution in [2.75, 3.05) is 6.54 Å². The van der Waals surface area contributed by atoms with E-state index < -0.39 is 0 Å². The second-order valence-corrected chi connectivity index (χ2v) is 4.55. The van der Waals surface area contributed by atoms with E-state index in [9.17, 15) is 0 Å². The number of nitrogens with zero attached hydrogens (tertiary/aromatic N) is 2. The van der Waals surface area contributed by atoms with E-state index in [0.717, 1.165) is 48.2 Å². The molecule has 2 aromatic rings. The quantitative estimate of drug-likeness (QED) is 0.819. The van der Waals surface area contributed by atoms with Crippen molar-refractivity contribution >= 4 is 11.6 Å². The van der Waals surface area contributed by atoms with Gasteiger partial charge in [-0.2, -0.15) is 5.10 Å². The molecule has 0 aliphatic rings. The smallest absolute Gasteiger partial charge is 0.105 e.